The van der Waals surface area contributed by atoms with E-state index in [9.17, 15) is 5.11 Å². The minimum Gasteiger partial charge on any atom is -0.387 e. The third-order valence-electron chi connectivity index (χ3n) is 5.04. The molecule has 0 amide bonds. The lowest BCUT2D eigenvalue weighted by atomic mass is 9.72. The molecule has 0 heterocycles. The van der Waals surface area contributed by atoms with Crippen LogP contribution in [0.1, 0.15) is 55.4 Å². The molecule has 0 saturated heterocycles. The Morgan fingerprint density at radius 3 is 2.38 bits per heavy atom. The zero-order valence-corrected chi connectivity index (χ0v) is 12.8. The average molecular weight is 280 g/mol. The summed E-state index contributed by atoms with van der Waals surface area (Å²) in [5.41, 5.74) is 3.55. The van der Waals surface area contributed by atoms with Crippen molar-refractivity contribution >= 4 is 0 Å². The smallest absolute Gasteiger partial charge is 0.0886 e. The van der Waals surface area contributed by atoms with Gasteiger partial charge in [0.15, 0.2) is 0 Å². The van der Waals surface area contributed by atoms with E-state index in [1.165, 1.54) is 24.0 Å². The van der Waals surface area contributed by atoms with Gasteiger partial charge < -0.3 is 5.11 Å². The molecule has 0 aromatic heterocycles. The third-order valence-corrected chi connectivity index (χ3v) is 5.04. The fourth-order valence-electron chi connectivity index (χ4n) is 3.80. The zero-order chi connectivity index (χ0) is 14.7. The second-order valence-corrected chi connectivity index (χ2v) is 6.23. The molecule has 0 bridgehead atoms. The van der Waals surface area contributed by atoms with E-state index in [1.54, 1.807) is 0 Å². The van der Waals surface area contributed by atoms with Crippen LogP contribution in [-0.2, 0) is 11.8 Å². The molecule has 3 rings (SSSR count). The van der Waals surface area contributed by atoms with Gasteiger partial charge in [-0.25, -0.2) is 0 Å². The molecule has 1 nitrogen and oxygen atoms in total. The molecule has 1 saturated carbocycles. The van der Waals surface area contributed by atoms with Crippen LogP contribution in [0.15, 0.2) is 54.6 Å². The number of hydrogen-bond acceptors (Lipinski definition) is 1. The molecule has 0 spiro atoms. The zero-order valence-electron chi connectivity index (χ0n) is 12.8. The molecule has 21 heavy (non-hydrogen) atoms. The first-order valence-corrected chi connectivity index (χ1v) is 8.09. The second kappa shape index (κ2) is 6.03. The number of aliphatic hydroxyl groups is 1. The summed E-state index contributed by atoms with van der Waals surface area (Å²) < 4.78 is 0. The standard InChI is InChI=1S/C20H24O/c1-2-16-9-8-10-17(15-16)19(21)20(13-6-7-14-20)18-11-4-3-5-12-18/h3-5,8-12,15,19,21H,2,6-7,13-14H2,1H3. The highest BCUT2D eigenvalue weighted by molar-refractivity contribution is 5.34. The van der Waals surface area contributed by atoms with E-state index < -0.39 is 6.10 Å². The molecule has 110 valence electrons. The highest BCUT2D eigenvalue weighted by atomic mass is 16.3. The van der Waals surface area contributed by atoms with E-state index in [0.29, 0.717) is 0 Å². The van der Waals surface area contributed by atoms with Gasteiger partial charge in [-0.3, -0.25) is 0 Å². The molecule has 0 aliphatic heterocycles. The summed E-state index contributed by atoms with van der Waals surface area (Å²) in [6, 6.07) is 19.0. The highest BCUT2D eigenvalue weighted by Crippen LogP contribution is 2.49. The van der Waals surface area contributed by atoms with E-state index in [1.807, 2.05) is 0 Å². The van der Waals surface area contributed by atoms with Gasteiger partial charge in [-0.1, -0.05) is 74.4 Å². The van der Waals surface area contributed by atoms with Crippen LogP contribution in [0.4, 0.5) is 0 Å². The number of hydrogen-bond donors (Lipinski definition) is 1. The predicted octanol–water partition coefficient (Wildman–Crippen LogP) is 4.79. The number of aryl methyl sites for hydroxylation is 1. The molecule has 1 aliphatic rings. The van der Waals surface area contributed by atoms with Crippen molar-refractivity contribution in [3.8, 4) is 0 Å². The van der Waals surface area contributed by atoms with Crippen molar-refractivity contribution in [1.29, 1.82) is 0 Å². The lowest BCUT2D eigenvalue weighted by molar-refractivity contribution is 0.0821. The summed E-state index contributed by atoms with van der Waals surface area (Å²) in [5.74, 6) is 0. The maximum absolute atomic E-state index is 11.1. The van der Waals surface area contributed by atoms with Gasteiger partial charge in [0.2, 0.25) is 0 Å². The first-order chi connectivity index (χ1) is 10.3. The van der Waals surface area contributed by atoms with Gasteiger partial charge in [-0.15, -0.1) is 0 Å². The van der Waals surface area contributed by atoms with Gasteiger partial charge in [-0.05, 0) is 36.0 Å². The SMILES string of the molecule is CCc1cccc(C(O)C2(c3ccccc3)CCCC2)c1. The van der Waals surface area contributed by atoms with Gasteiger partial charge >= 0.3 is 0 Å². The maximum Gasteiger partial charge on any atom is 0.0886 e. The van der Waals surface area contributed by atoms with Crippen LogP contribution in [0.5, 0.6) is 0 Å². The molecule has 2 aromatic carbocycles. The fourth-order valence-corrected chi connectivity index (χ4v) is 3.80. The topological polar surface area (TPSA) is 20.2 Å². The first-order valence-electron chi connectivity index (χ1n) is 8.09. The van der Waals surface area contributed by atoms with Gasteiger partial charge in [-0.2, -0.15) is 0 Å². The maximum atomic E-state index is 11.1. The minimum absolute atomic E-state index is 0.104. The molecule has 1 atom stereocenters. The Morgan fingerprint density at radius 1 is 1.00 bits per heavy atom. The summed E-state index contributed by atoms with van der Waals surface area (Å²) in [4.78, 5) is 0. The van der Waals surface area contributed by atoms with E-state index in [4.69, 9.17) is 0 Å². The molecule has 1 fully saturated rings. The lowest BCUT2D eigenvalue weighted by Gasteiger charge is -2.35. The van der Waals surface area contributed by atoms with Crippen molar-refractivity contribution in [3.05, 3.63) is 71.3 Å². The molecule has 0 radical (unpaired) electrons. The van der Waals surface area contributed by atoms with Crippen LogP contribution >= 0.6 is 0 Å². The summed E-state index contributed by atoms with van der Waals surface area (Å²) in [6.45, 7) is 2.16. The Hall–Kier alpha value is -1.60. The quantitative estimate of drug-likeness (QED) is 0.853. The monoisotopic (exact) mass is 280 g/mol. The largest absolute Gasteiger partial charge is 0.387 e. The molecule has 1 N–H and O–H groups in total. The van der Waals surface area contributed by atoms with E-state index >= 15 is 0 Å². The van der Waals surface area contributed by atoms with Crippen LogP contribution in [0, 0.1) is 0 Å². The Bertz CT molecular complexity index is 582. The number of rotatable bonds is 4. The molecule has 2 aromatic rings. The predicted molar refractivity (Wildman–Crippen MR) is 87.4 cm³/mol. The van der Waals surface area contributed by atoms with E-state index in [-0.39, 0.29) is 5.41 Å². The molecule has 1 heteroatoms. The van der Waals surface area contributed by atoms with E-state index in [0.717, 1.165) is 24.8 Å². The minimum atomic E-state index is -0.408. The summed E-state index contributed by atoms with van der Waals surface area (Å²) in [5, 5.41) is 11.1. The summed E-state index contributed by atoms with van der Waals surface area (Å²) in [7, 11) is 0. The Kier molecular flexibility index (Phi) is 4.12. The molecular formula is C20H24O. The van der Waals surface area contributed by atoms with Crippen molar-refractivity contribution in [2.24, 2.45) is 0 Å². The van der Waals surface area contributed by atoms with Crippen LogP contribution in [0.3, 0.4) is 0 Å². The van der Waals surface area contributed by atoms with Crippen LogP contribution in [0.25, 0.3) is 0 Å². The normalized spacial score (nSPS) is 18.6. The van der Waals surface area contributed by atoms with Gasteiger partial charge in [0.25, 0.3) is 0 Å². The first kappa shape index (κ1) is 14.3. The van der Waals surface area contributed by atoms with Crippen molar-refractivity contribution in [2.75, 3.05) is 0 Å². The van der Waals surface area contributed by atoms with Crippen LogP contribution in [-0.4, -0.2) is 5.11 Å². The Balaban J connectivity index is 2.01. The third kappa shape index (κ3) is 2.63. The Labute approximate surface area is 127 Å². The summed E-state index contributed by atoms with van der Waals surface area (Å²) in [6.07, 6.45) is 5.18. The average Bonchev–Trinajstić information content (AvgIpc) is 3.06. The Morgan fingerprint density at radius 2 is 1.71 bits per heavy atom. The van der Waals surface area contributed by atoms with Gasteiger partial charge in [0.1, 0.15) is 0 Å². The highest BCUT2D eigenvalue weighted by Gasteiger charge is 2.42. The lowest BCUT2D eigenvalue weighted by Crippen LogP contribution is -2.30. The van der Waals surface area contributed by atoms with Gasteiger partial charge in [0.05, 0.1) is 6.10 Å². The fraction of sp³-hybridized carbons (Fsp3) is 0.400. The molecule has 1 unspecified atom stereocenters. The van der Waals surface area contributed by atoms with Crippen LogP contribution in [0.2, 0.25) is 0 Å². The van der Waals surface area contributed by atoms with E-state index in [2.05, 4.69) is 61.5 Å². The summed E-state index contributed by atoms with van der Waals surface area (Å²) >= 11 is 0. The van der Waals surface area contributed by atoms with Crippen molar-refractivity contribution in [3.63, 3.8) is 0 Å². The van der Waals surface area contributed by atoms with Crippen molar-refractivity contribution < 1.29 is 5.11 Å². The molecular weight excluding hydrogens is 256 g/mol. The van der Waals surface area contributed by atoms with Crippen molar-refractivity contribution in [2.45, 2.75) is 50.5 Å². The molecule has 1 aliphatic carbocycles. The second-order valence-electron chi connectivity index (χ2n) is 6.23. The van der Waals surface area contributed by atoms with Crippen molar-refractivity contribution in [1.82, 2.24) is 0 Å². The number of benzene rings is 2. The van der Waals surface area contributed by atoms with Gasteiger partial charge in [0, 0.05) is 5.41 Å². The number of aliphatic hydroxyl groups excluding tert-OH is 1. The van der Waals surface area contributed by atoms with Crippen LogP contribution < -0.4 is 0 Å².